The summed E-state index contributed by atoms with van der Waals surface area (Å²) >= 11 is 0. The number of nitrogens with one attached hydrogen (secondary N) is 1. The summed E-state index contributed by atoms with van der Waals surface area (Å²) in [5.74, 6) is 5.86. The van der Waals surface area contributed by atoms with E-state index in [1.54, 1.807) is 7.11 Å². The second kappa shape index (κ2) is 7.74. The third-order valence-corrected chi connectivity index (χ3v) is 5.06. The highest BCUT2D eigenvalue weighted by molar-refractivity contribution is 4.94. The molecule has 1 saturated heterocycles. The third kappa shape index (κ3) is 4.99. The Morgan fingerprint density at radius 3 is 2.10 bits per heavy atom. The zero-order chi connectivity index (χ0) is 15.2. The topological polar surface area (TPSA) is 50.5 Å². The maximum Gasteiger partial charge on any atom is 0.0623 e. The van der Waals surface area contributed by atoms with Crippen LogP contribution in [0.2, 0.25) is 0 Å². The highest BCUT2D eigenvalue weighted by Crippen LogP contribution is 2.27. The summed E-state index contributed by atoms with van der Waals surface area (Å²) in [6.07, 6.45) is 7.39. The van der Waals surface area contributed by atoms with Crippen LogP contribution in [0.25, 0.3) is 0 Å². The monoisotopic (exact) mass is 285 g/mol. The number of hydrogen-bond donors (Lipinski definition) is 2. The standard InChI is InChI=1S/C16H35N3O/c1-15(2,20-5)11-10-14(18-17)16(3,4)19-12-8-6-7-9-13-19/h14,18H,6-13,17H2,1-5H3. The van der Waals surface area contributed by atoms with Crippen LogP contribution >= 0.6 is 0 Å². The van der Waals surface area contributed by atoms with Gasteiger partial charge in [-0.15, -0.1) is 0 Å². The fourth-order valence-corrected chi connectivity index (χ4v) is 3.10. The van der Waals surface area contributed by atoms with Gasteiger partial charge in [0.1, 0.15) is 0 Å². The fraction of sp³-hybridized carbons (Fsp3) is 1.00. The van der Waals surface area contributed by atoms with Crippen molar-refractivity contribution in [1.29, 1.82) is 0 Å². The van der Waals surface area contributed by atoms with Crippen molar-refractivity contribution in [3.8, 4) is 0 Å². The number of hydrazine groups is 1. The van der Waals surface area contributed by atoms with E-state index in [1.807, 2.05) is 0 Å². The SMILES string of the molecule is COC(C)(C)CCC(NN)C(C)(C)N1CCCCCC1. The Balaban J connectivity index is 2.65. The van der Waals surface area contributed by atoms with Crippen molar-refractivity contribution < 1.29 is 4.74 Å². The van der Waals surface area contributed by atoms with Crippen LogP contribution < -0.4 is 11.3 Å². The first-order valence-corrected chi connectivity index (χ1v) is 8.10. The van der Waals surface area contributed by atoms with E-state index in [4.69, 9.17) is 10.6 Å². The highest BCUT2D eigenvalue weighted by atomic mass is 16.5. The second-order valence-corrected chi connectivity index (χ2v) is 7.28. The van der Waals surface area contributed by atoms with Gasteiger partial charge in [-0.1, -0.05) is 12.8 Å². The van der Waals surface area contributed by atoms with Crippen molar-refractivity contribution in [3.63, 3.8) is 0 Å². The molecule has 1 rings (SSSR count). The van der Waals surface area contributed by atoms with Gasteiger partial charge in [0.2, 0.25) is 0 Å². The maximum atomic E-state index is 5.86. The molecule has 4 nitrogen and oxygen atoms in total. The van der Waals surface area contributed by atoms with Gasteiger partial charge in [0.15, 0.2) is 0 Å². The summed E-state index contributed by atoms with van der Waals surface area (Å²) < 4.78 is 5.53. The lowest BCUT2D eigenvalue weighted by Crippen LogP contribution is -2.60. The van der Waals surface area contributed by atoms with Gasteiger partial charge in [-0.3, -0.25) is 16.2 Å². The van der Waals surface area contributed by atoms with Gasteiger partial charge in [-0.25, -0.2) is 0 Å². The molecule has 0 spiro atoms. The minimum Gasteiger partial charge on any atom is -0.379 e. The molecule has 0 bridgehead atoms. The van der Waals surface area contributed by atoms with E-state index in [9.17, 15) is 0 Å². The van der Waals surface area contributed by atoms with Gasteiger partial charge in [0.05, 0.1) is 5.60 Å². The second-order valence-electron chi connectivity index (χ2n) is 7.28. The summed E-state index contributed by atoms with van der Waals surface area (Å²) in [5.41, 5.74) is 3.07. The van der Waals surface area contributed by atoms with E-state index in [2.05, 4.69) is 38.0 Å². The molecular weight excluding hydrogens is 250 g/mol. The molecule has 120 valence electrons. The van der Waals surface area contributed by atoms with Crippen LogP contribution in [0.3, 0.4) is 0 Å². The van der Waals surface area contributed by atoms with Gasteiger partial charge in [-0.2, -0.15) is 0 Å². The average molecular weight is 285 g/mol. The van der Waals surface area contributed by atoms with Crippen LogP contribution in [0.15, 0.2) is 0 Å². The normalized spacial score (nSPS) is 20.7. The lowest BCUT2D eigenvalue weighted by Gasteiger charge is -2.44. The number of nitrogens with zero attached hydrogens (tertiary/aromatic N) is 1. The maximum absolute atomic E-state index is 5.86. The Labute approximate surface area is 125 Å². The highest BCUT2D eigenvalue weighted by Gasteiger charge is 2.35. The molecule has 0 radical (unpaired) electrons. The van der Waals surface area contributed by atoms with Crippen LogP contribution in [-0.2, 0) is 4.74 Å². The zero-order valence-electron chi connectivity index (χ0n) is 14.2. The number of hydrogen-bond acceptors (Lipinski definition) is 4. The number of ether oxygens (including phenoxy) is 1. The predicted octanol–water partition coefficient (Wildman–Crippen LogP) is 2.68. The summed E-state index contributed by atoms with van der Waals surface area (Å²) in [5, 5.41) is 0. The van der Waals surface area contributed by atoms with Gasteiger partial charge in [0, 0.05) is 18.7 Å². The van der Waals surface area contributed by atoms with Crippen LogP contribution in [0.4, 0.5) is 0 Å². The minimum absolute atomic E-state index is 0.0794. The van der Waals surface area contributed by atoms with Crippen LogP contribution in [0.5, 0.6) is 0 Å². The lowest BCUT2D eigenvalue weighted by molar-refractivity contribution is 0.00295. The Kier molecular flexibility index (Phi) is 6.92. The number of rotatable bonds is 7. The number of nitrogens with two attached hydrogens (primary N) is 1. The summed E-state index contributed by atoms with van der Waals surface area (Å²) in [7, 11) is 1.78. The van der Waals surface area contributed by atoms with E-state index in [0.29, 0.717) is 0 Å². The van der Waals surface area contributed by atoms with Gasteiger partial charge >= 0.3 is 0 Å². The first-order valence-electron chi connectivity index (χ1n) is 8.10. The van der Waals surface area contributed by atoms with Gasteiger partial charge < -0.3 is 4.74 Å². The molecule has 3 N–H and O–H groups in total. The largest absolute Gasteiger partial charge is 0.379 e. The molecule has 1 aliphatic heterocycles. The van der Waals surface area contributed by atoms with E-state index in [0.717, 1.165) is 12.8 Å². The fourth-order valence-electron chi connectivity index (χ4n) is 3.10. The molecule has 1 fully saturated rings. The summed E-state index contributed by atoms with van der Waals surface area (Å²) in [6.45, 7) is 11.3. The Bertz CT molecular complexity index is 271. The molecule has 1 aliphatic rings. The molecule has 1 atom stereocenters. The van der Waals surface area contributed by atoms with Crippen molar-refractivity contribution in [2.24, 2.45) is 5.84 Å². The molecule has 4 heteroatoms. The first kappa shape index (κ1) is 17.9. The van der Waals surface area contributed by atoms with Crippen LogP contribution in [0, 0.1) is 0 Å². The van der Waals surface area contributed by atoms with Crippen LogP contribution in [0.1, 0.15) is 66.2 Å². The van der Waals surface area contributed by atoms with E-state index in [-0.39, 0.29) is 17.2 Å². The molecule has 1 unspecified atom stereocenters. The number of methoxy groups -OCH3 is 1. The smallest absolute Gasteiger partial charge is 0.0623 e. The van der Waals surface area contributed by atoms with E-state index < -0.39 is 0 Å². The van der Waals surface area contributed by atoms with E-state index in [1.165, 1.54) is 38.8 Å². The lowest BCUT2D eigenvalue weighted by atomic mass is 9.86. The summed E-state index contributed by atoms with van der Waals surface area (Å²) in [6, 6.07) is 0.287. The van der Waals surface area contributed by atoms with Crippen molar-refractivity contribution in [3.05, 3.63) is 0 Å². The molecule has 0 aromatic rings. The Hall–Kier alpha value is -0.160. The predicted molar refractivity (Wildman–Crippen MR) is 85.6 cm³/mol. The number of likely N-dealkylation sites (tertiary alicyclic amines) is 1. The van der Waals surface area contributed by atoms with E-state index >= 15 is 0 Å². The minimum atomic E-state index is -0.0794. The third-order valence-electron chi connectivity index (χ3n) is 5.06. The van der Waals surface area contributed by atoms with Gasteiger partial charge in [0.25, 0.3) is 0 Å². The molecule has 20 heavy (non-hydrogen) atoms. The molecule has 0 amide bonds. The Morgan fingerprint density at radius 1 is 1.10 bits per heavy atom. The average Bonchev–Trinajstić information content (AvgIpc) is 2.68. The molecule has 0 aliphatic carbocycles. The first-order chi connectivity index (χ1) is 9.33. The van der Waals surface area contributed by atoms with Crippen molar-refractivity contribution in [2.75, 3.05) is 20.2 Å². The molecule has 0 aromatic heterocycles. The zero-order valence-corrected chi connectivity index (χ0v) is 14.2. The van der Waals surface area contributed by atoms with Crippen molar-refractivity contribution in [1.82, 2.24) is 10.3 Å². The molecule has 1 heterocycles. The molecule has 0 saturated carbocycles. The van der Waals surface area contributed by atoms with Crippen molar-refractivity contribution in [2.45, 2.75) is 83.4 Å². The van der Waals surface area contributed by atoms with Crippen molar-refractivity contribution >= 4 is 0 Å². The quantitative estimate of drug-likeness (QED) is 0.558. The molecule has 0 aromatic carbocycles. The summed E-state index contributed by atoms with van der Waals surface area (Å²) in [4.78, 5) is 2.62. The Morgan fingerprint density at radius 2 is 1.65 bits per heavy atom. The van der Waals surface area contributed by atoms with Crippen LogP contribution in [-0.4, -0.2) is 42.3 Å². The molecular formula is C16H35N3O. The van der Waals surface area contributed by atoms with Gasteiger partial charge in [-0.05, 0) is 66.5 Å².